The van der Waals surface area contributed by atoms with E-state index >= 15 is 0 Å². The Kier molecular flexibility index (Phi) is 5.84. The summed E-state index contributed by atoms with van der Waals surface area (Å²) in [5, 5.41) is 4.21. The van der Waals surface area contributed by atoms with Crippen LogP contribution in [0.2, 0.25) is 0 Å². The van der Waals surface area contributed by atoms with Crippen molar-refractivity contribution in [2.45, 2.75) is 32.3 Å². The van der Waals surface area contributed by atoms with E-state index in [1.54, 1.807) is 6.92 Å². The average molecular weight is 486 g/mol. The fourth-order valence-electron chi connectivity index (χ4n) is 3.75. The summed E-state index contributed by atoms with van der Waals surface area (Å²) in [7, 11) is 0. The number of ether oxygens (including phenoxy) is 2. The molecule has 2 amide bonds. The van der Waals surface area contributed by atoms with Gasteiger partial charge < -0.3 is 19.6 Å². The normalized spacial score (nSPS) is 18.1. The van der Waals surface area contributed by atoms with Gasteiger partial charge in [-0.3, -0.25) is 9.59 Å². The second-order valence-corrected chi connectivity index (χ2v) is 8.79. The number of aromatic nitrogens is 2. The first-order valence-electron chi connectivity index (χ1n) is 10.5. The van der Waals surface area contributed by atoms with Crippen LogP contribution in [0.3, 0.4) is 0 Å². The molecule has 176 valence electrons. The Bertz CT molecular complexity index is 1290. The number of fused-ring (bicyclic) bond motifs is 1. The third-order valence-corrected chi connectivity index (χ3v) is 6.65. The summed E-state index contributed by atoms with van der Waals surface area (Å²) in [6.07, 6.45) is 1.86. The number of amides is 2. The number of benzene rings is 1. The van der Waals surface area contributed by atoms with Crippen molar-refractivity contribution in [2.75, 3.05) is 18.5 Å². The first kappa shape index (κ1) is 22.2. The van der Waals surface area contributed by atoms with Crippen LogP contribution >= 0.6 is 11.3 Å². The Morgan fingerprint density at radius 1 is 1.26 bits per heavy atom. The fourth-order valence-corrected chi connectivity index (χ4v) is 4.77. The van der Waals surface area contributed by atoms with Gasteiger partial charge in [0.05, 0.1) is 24.3 Å². The number of hydrogen-bond donors (Lipinski definition) is 1. The van der Waals surface area contributed by atoms with Crippen molar-refractivity contribution >= 4 is 50.8 Å². The van der Waals surface area contributed by atoms with E-state index in [0.717, 1.165) is 11.3 Å². The smallest absolute Gasteiger partial charge is 0.374 e. The highest BCUT2D eigenvalue weighted by molar-refractivity contribution is 7.20. The molecule has 0 saturated carbocycles. The van der Waals surface area contributed by atoms with Crippen molar-refractivity contribution in [1.29, 1.82) is 0 Å². The monoisotopic (exact) mass is 486 g/mol. The van der Waals surface area contributed by atoms with Crippen LogP contribution in [-0.2, 0) is 19.2 Å². The highest BCUT2D eigenvalue weighted by Crippen LogP contribution is 2.37. The van der Waals surface area contributed by atoms with E-state index in [2.05, 4.69) is 15.3 Å². The standard InChI is InChI=1S/C22H19FN4O6S/c1-11-18-20(26-14-3-2-12(23)8-15(14)32-13-6-7-31-9-13)24-10-25-21(18)34-19(11)22(30)33-27-16(28)4-5-17(27)29/h2-3,8,10,13H,4-7,9H2,1H3,(H,24,25,26)/t13-/m1/s1. The van der Waals surface area contributed by atoms with Crippen LogP contribution in [0.5, 0.6) is 5.75 Å². The molecule has 0 bridgehead atoms. The minimum absolute atomic E-state index is 0.00606. The van der Waals surface area contributed by atoms with Gasteiger partial charge in [-0.05, 0) is 24.6 Å². The molecule has 1 aromatic carbocycles. The zero-order valence-electron chi connectivity index (χ0n) is 18.0. The maximum atomic E-state index is 13.9. The highest BCUT2D eigenvalue weighted by atomic mass is 32.1. The number of thiophene rings is 1. The first-order chi connectivity index (χ1) is 16.4. The summed E-state index contributed by atoms with van der Waals surface area (Å²) >= 11 is 1.05. The molecule has 34 heavy (non-hydrogen) atoms. The zero-order chi connectivity index (χ0) is 23.8. The van der Waals surface area contributed by atoms with Crippen molar-refractivity contribution in [2.24, 2.45) is 0 Å². The molecule has 2 aliphatic heterocycles. The predicted molar refractivity (Wildman–Crippen MR) is 118 cm³/mol. The molecule has 0 aliphatic carbocycles. The number of carbonyl (C=O) groups is 3. The van der Waals surface area contributed by atoms with Gasteiger partial charge in [0.1, 0.15) is 39.5 Å². The number of imide groups is 1. The molecular weight excluding hydrogens is 467 g/mol. The van der Waals surface area contributed by atoms with Gasteiger partial charge in [-0.15, -0.1) is 16.4 Å². The maximum Gasteiger partial charge on any atom is 0.374 e. The Morgan fingerprint density at radius 3 is 2.79 bits per heavy atom. The Hall–Kier alpha value is -3.64. The van der Waals surface area contributed by atoms with E-state index in [9.17, 15) is 18.8 Å². The minimum atomic E-state index is -0.831. The molecule has 10 nitrogen and oxygen atoms in total. The molecule has 0 radical (unpaired) electrons. The molecule has 0 spiro atoms. The van der Waals surface area contributed by atoms with E-state index in [1.807, 2.05) is 0 Å². The largest absolute Gasteiger partial charge is 0.486 e. The molecule has 1 N–H and O–H groups in total. The number of carbonyl (C=O) groups excluding carboxylic acids is 3. The SMILES string of the molecule is Cc1c(C(=O)ON2C(=O)CCC2=O)sc2ncnc(Nc3ccc(F)cc3O[C@@H]3CCOC3)c12. The molecule has 2 fully saturated rings. The van der Waals surface area contributed by atoms with E-state index < -0.39 is 23.6 Å². The molecule has 4 heterocycles. The molecule has 0 unspecified atom stereocenters. The molecule has 2 saturated heterocycles. The van der Waals surface area contributed by atoms with Crippen molar-refractivity contribution in [3.63, 3.8) is 0 Å². The molecule has 3 aromatic rings. The lowest BCUT2D eigenvalue weighted by molar-refractivity contribution is -0.172. The third-order valence-electron chi connectivity index (χ3n) is 5.47. The van der Waals surface area contributed by atoms with Gasteiger partial charge in [-0.25, -0.2) is 19.2 Å². The molecule has 12 heteroatoms. The zero-order valence-corrected chi connectivity index (χ0v) is 18.8. The first-order valence-corrected chi connectivity index (χ1v) is 11.4. The highest BCUT2D eigenvalue weighted by Gasteiger charge is 2.34. The van der Waals surface area contributed by atoms with Gasteiger partial charge in [0, 0.05) is 25.3 Å². The summed E-state index contributed by atoms with van der Waals surface area (Å²) in [6.45, 7) is 2.69. The van der Waals surface area contributed by atoms with E-state index in [-0.39, 0.29) is 23.8 Å². The van der Waals surface area contributed by atoms with Crippen LogP contribution in [0.25, 0.3) is 10.2 Å². The lowest BCUT2D eigenvalue weighted by Gasteiger charge is -2.17. The van der Waals surface area contributed by atoms with Crippen LogP contribution in [0.1, 0.15) is 34.5 Å². The number of nitrogens with one attached hydrogen (secondary N) is 1. The van der Waals surface area contributed by atoms with Crippen LogP contribution in [-0.4, -0.2) is 52.1 Å². The van der Waals surface area contributed by atoms with Crippen molar-refractivity contribution in [1.82, 2.24) is 15.0 Å². The lowest BCUT2D eigenvalue weighted by atomic mass is 10.2. The molecule has 2 aliphatic rings. The van der Waals surface area contributed by atoms with Gasteiger partial charge >= 0.3 is 5.97 Å². The Morgan fingerprint density at radius 2 is 2.06 bits per heavy atom. The fraction of sp³-hybridized carbons (Fsp3) is 0.318. The van der Waals surface area contributed by atoms with Crippen LogP contribution in [0.4, 0.5) is 15.9 Å². The number of hydrogen-bond acceptors (Lipinski definition) is 10. The van der Waals surface area contributed by atoms with Gasteiger partial charge in [-0.2, -0.15) is 0 Å². The maximum absolute atomic E-state index is 13.9. The predicted octanol–water partition coefficient (Wildman–Crippen LogP) is 3.27. The summed E-state index contributed by atoms with van der Waals surface area (Å²) in [5.41, 5.74) is 0.997. The van der Waals surface area contributed by atoms with Crippen molar-refractivity contribution in [3.05, 3.63) is 40.8 Å². The molecule has 1 atom stereocenters. The van der Waals surface area contributed by atoms with E-state index in [1.165, 1.54) is 24.5 Å². The quantitative estimate of drug-likeness (QED) is 0.524. The molecular formula is C22H19FN4O6S. The number of rotatable bonds is 6. The molecule has 2 aromatic heterocycles. The van der Waals surface area contributed by atoms with Crippen LogP contribution in [0.15, 0.2) is 24.5 Å². The summed E-state index contributed by atoms with van der Waals surface area (Å²) in [4.78, 5) is 50.6. The topological polar surface area (TPSA) is 120 Å². The van der Waals surface area contributed by atoms with Crippen molar-refractivity contribution in [3.8, 4) is 5.75 Å². The van der Waals surface area contributed by atoms with Gasteiger partial charge in [0.25, 0.3) is 11.8 Å². The number of halogens is 1. The lowest BCUT2D eigenvalue weighted by Crippen LogP contribution is -2.31. The van der Waals surface area contributed by atoms with Gasteiger partial charge in [0.15, 0.2) is 0 Å². The second kappa shape index (κ2) is 8.95. The average Bonchev–Trinajstić information content (AvgIpc) is 3.52. The van der Waals surface area contributed by atoms with Crippen LogP contribution in [0, 0.1) is 12.7 Å². The second-order valence-electron chi connectivity index (χ2n) is 7.79. The molecule has 5 rings (SSSR count). The summed E-state index contributed by atoms with van der Waals surface area (Å²) in [6, 6.07) is 4.12. The number of hydroxylamine groups is 2. The summed E-state index contributed by atoms with van der Waals surface area (Å²) < 4.78 is 25.2. The number of aryl methyl sites for hydroxylation is 1. The van der Waals surface area contributed by atoms with Gasteiger partial charge in [-0.1, -0.05) is 0 Å². The number of anilines is 2. The van der Waals surface area contributed by atoms with Crippen LogP contribution < -0.4 is 10.1 Å². The minimum Gasteiger partial charge on any atom is -0.486 e. The Labute approximate surface area is 196 Å². The number of nitrogens with zero attached hydrogens (tertiary/aromatic N) is 3. The Balaban J connectivity index is 1.45. The third kappa shape index (κ3) is 4.17. The summed E-state index contributed by atoms with van der Waals surface area (Å²) in [5.74, 6) is -1.71. The van der Waals surface area contributed by atoms with E-state index in [0.29, 0.717) is 57.7 Å². The van der Waals surface area contributed by atoms with Crippen molar-refractivity contribution < 1.29 is 33.1 Å². The van der Waals surface area contributed by atoms with E-state index in [4.69, 9.17) is 14.3 Å². The van der Waals surface area contributed by atoms with Gasteiger partial charge in [0.2, 0.25) is 0 Å².